The van der Waals surface area contributed by atoms with E-state index in [1.54, 1.807) is 7.11 Å². The summed E-state index contributed by atoms with van der Waals surface area (Å²) < 4.78 is 11.7. The molecule has 0 unspecified atom stereocenters. The molecule has 0 bridgehead atoms. The van der Waals surface area contributed by atoms with Crippen LogP contribution in [0.3, 0.4) is 0 Å². The smallest absolute Gasteiger partial charge is 0.213 e. The molecule has 4 nitrogen and oxygen atoms in total. The van der Waals surface area contributed by atoms with E-state index in [0.717, 1.165) is 23.2 Å². The minimum atomic E-state index is -1.64. The number of aromatic nitrogens is 2. The zero-order valence-electron chi connectivity index (χ0n) is 18.9. The first-order valence-corrected chi connectivity index (χ1v) is 13.7. The van der Waals surface area contributed by atoms with Crippen LogP contribution in [0.4, 0.5) is 0 Å². The topological polar surface area (TPSA) is 44.2 Å². The van der Waals surface area contributed by atoms with Crippen molar-refractivity contribution in [1.82, 2.24) is 9.97 Å². The molecule has 0 amide bonds. The van der Waals surface area contributed by atoms with E-state index in [-0.39, 0.29) is 5.04 Å². The van der Waals surface area contributed by atoms with Crippen molar-refractivity contribution in [1.29, 1.82) is 0 Å². The SMILES string of the molecule is COc1ccc2nccc(/C=C/[C@H]3CC[C@H](CO[Si](C)(C)C(C)(C)C)CC3)c2n1. The van der Waals surface area contributed by atoms with Gasteiger partial charge in [-0.15, -0.1) is 0 Å². The van der Waals surface area contributed by atoms with E-state index in [4.69, 9.17) is 9.16 Å². The molecular weight excluding hydrogens is 376 g/mol. The summed E-state index contributed by atoms with van der Waals surface area (Å²) in [5, 5.41) is 0.289. The van der Waals surface area contributed by atoms with Gasteiger partial charge in [0.05, 0.1) is 18.1 Å². The maximum Gasteiger partial charge on any atom is 0.213 e. The van der Waals surface area contributed by atoms with Crippen LogP contribution in [0.15, 0.2) is 30.5 Å². The molecule has 3 rings (SSSR count). The van der Waals surface area contributed by atoms with Crippen molar-refractivity contribution in [3.63, 3.8) is 0 Å². The molecule has 5 heteroatoms. The summed E-state index contributed by atoms with van der Waals surface area (Å²) in [6.07, 6.45) is 11.4. The summed E-state index contributed by atoms with van der Waals surface area (Å²) in [4.78, 5) is 9.00. The Kier molecular flexibility index (Phi) is 6.79. The van der Waals surface area contributed by atoms with Gasteiger partial charge in [0, 0.05) is 24.4 Å². The third-order valence-electron chi connectivity index (χ3n) is 6.72. The number of nitrogens with zero attached hydrogens (tertiary/aromatic N) is 2. The first-order chi connectivity index (χ1) is 13.7. The van der Waals surface area contributed by atoms with Crippen molar-refractivity contribution in [3.05, 3.63) is 36.0 Å². The number of allylic oxidation sites excluding steroid dienone is 1. The van der Waals surface area contributed by atoms with Crippen LogP contribution < -0.4 is 4.74 Å². The highest BCUT2D eigenvalue weighted by molar-refractivity contribution is 6.74. The second-order valence-corrected chi connectivity index (χ2v) is 14.6. The Morgan fingerprint density at radius 2 is 1.83 bits per heavy atom. The van der Waals surface area contributed by atoms with Gasteiger partial charge < -0.3 is 9.16 Å². The molecule has 2 aromatic rings. The fraction of sp³-hybridized carbons (Fsp3) is 0.583. The first kappa shape index (κ1) is 22.0. The molecule has 0 aromatic carbocycles. The van der Waals surface area contributed by atoms with E-state index in [9.17, 15) is 0 Å². The lowest BCUT2D eigenvalue weighted by Crippen LogP contribution is -2.42. The van der Waals surface area contributed by atoms with E-state index < -0.39 is 8.32 Å². The van der Waals surface area contributed by atoms with Crippen LogP contribution in [-0.2, 0) is 4.43 Å². The molecule has 158 valence electrons. The third kappa shape index (κ3) is 5.46. The van der Waals surface area contributed by atoms with Crippen molar-refractivity contribution >= 4 is 25.4 Å². The molecule has 0 radical (unpaired) electrons. The highest BCUT2D eigenvalue weighted by Crippen LogP contribution is 2.38. The van der Waals surface area contributed by atoms with Crippen LogP contribution in [0.2, 0.25) is 18.1 Å². The predicted molar refractivity (Wildman–Crippen MR) is 124 cm³/mol. The van der Waals surface area contributed by atoms with Gasteiger partial charge in [0.15, 0.2) is 8.32 Å². The molecule has 0 N–H and O–H groups in total. The van der Waals surface area contributed by atoms with Gasteiger partial charge in [-0.05, 0) is 67.8 Å². The Bertz CT molecular complexity index is 850. The monoisotopic (exact) mass is 412 g/mol. The zero-order chi connectivity index (χ0) is 21.1. The van der Waals surface area contributed by atoms with Crippen molar-refractivity contribution in [2.45, 2.75) is 64.6 Å². The average Bonchev–Trinajstić information content (AvgIpc) is 2.70. The van der Waals surface area contributed by atoms with Gasteiger partial charge in [-0.2, -0.15) is 0 Å². The van der Waals surface area contributed by atoms with Gasteiger partial charge in [-0.25, -0.2) is 4.98 Å². The highest BCUT2D eigenvalue weighted by atomic mass is 28.4. The summed E-state index contributed by atoms with van der Waals surface area (Å²) in [7, 11) is 0.00988. The number of rotatable bonds is 6. The Morgan fingerprint density at radius 3 is 2.48 bits per heavy atom. The number of fused-ring (bicyclic) bond motifs is 1. The number of hydrogen-bond donors (Lipinski definition) is 0. The number of pyridine rings is 2. The van der Waals surface area contributed by atoms with Crippen LogP contribution in [0, 0.1) is 11.8 Å². The van der Waals surface area contributed by atoms with Crippen LogP contribution in [0.1, 0.15) is 52.0 Å². The highest BCUT2D eigenvalue weighted by Gasteiger charge is 2.37. The molecule has 2 heterocycles. The Balaban J connectivity index is 1.57. The normalized spacial score (nSPS) is 21.0. The van der Waals surface area contributed by atoms with Crippen LogP contribution in [0.5, 0.6) is 5.88 Å². The molecule has 0 aliphatic heterocycles. The van der Waals surface area contributed by atoms with Gasteiger partial charge in [-0.1, -0.05) is 32.9 Å². The second kappa shape index (κ2) is 8.96. The molecule has 0 atom stereocenters. The lowest BCUT2D eigenvalue weighted by Gasteiger charge is -2.38. The molecule has 1 aliphatic carbocycles. The van der Waals surface area contributed by atoms with Crippen LogP contribution in [-0.4, -0.2) is 32.0 Å². The summed E-state index contributed by atoms with van der Waals surface area (Å²) in [6, 6.07) is 5.85. The summed E-state index contributed by atoms with van der Waals surface area (Å²) in [5.41, 5.74) is 2.91. The van der Waals surface area contributed by atoms with Crippen LogP contribution >= 0.6 is 0 Å². The lowest BCUT2D eigenvalue weighted by molar-refractivity contribution is 0.181. The van der Waals surface area contributed by atoms with Crippen molar-refractivity contribution in [2.75, 3.05) is 13.7 Å². The molecule has 29 heavy (non-hydrogen) atoms. The lowest BCUT2D eigenvalue weighted by atomic mass is 9.82. The predicted octanol–water partition coefficient (Wildman–Crippen LogP) is 6.48. The quantitative estimate of drug-likeness (QED) is 0.509. The van der Waals surface area contributed by atoms with Gasteiger partial charge in [-0.3, -0.25) is 4.98 Å². The fourth-order valence-corrected chi connectivity index (χ4v) is 4.69. The summed E-state index contributed by atoms with van der Waals surface area (Å²) >= 11 is 0. The Labute approximate surface area is 176 Å². The second-order valence-electron chi connectivity index (χ2n) is 9.83. The van der Waals surface area contributed by atoms with Gasteiger partial charge in [0.2, 0.25) is 5.88 Å². The first-order valence-electron chi connectivity index (χ1n) is 10.8. The van der Waals surface area contributed by atoms with Gasteiger partial charge >= 0.3 is 0 Å². The largest absolute Gasteiger partial charge is 0.481 e. The van der Waals surface area contributed by atoms with Crippen LogP contribution in [0.25, 0.3) is 17.1 Å². The van der Waals surface area contributed by atoms with Gasteiger partial charge in [0.25, 0.3) is 0 Å². The van der Waals surface area contributed by atoms with Crippen molar-refractivity contribution in [2.24, 2.45) is 11.8 Å². The van der Waals surface area contributed by atoms with Crippen molar-refractivity contribution in [3.8, 4) is 5.88 Å². The van der Waals surface area contributed by atoms with Crippen molar-refractivity contribution < 1.29 is 9.16 Å². The standard InChI is InChI=1S/C24H36N2O2Si/c1-24(2,3)29(5,6)28-17-19-9-7-18(8-10-19)11-12-20-15-16-25-21-13-14-22(27-4)26-23(20)21/h11-16,18-19H,7-10,17H2,1-6H3/b12-11+/t18-,19-. The summed E-state index contributed by atoms with van der Waals surface area (Å²) in [6.45, 7) is 12.6. The average molecular weight is 413 g/mol. The zero-order valence-corrected chi connectivity index (χ0v) is 19.9. The van der Waals surface area contributed by atoms with E-state index in [0.29, 0.717) is 17.7 Å². The maximum absolute atomic E-state index is 6.46. The molecule has 2 aromatic heterocycles. The van der Waals surface area contributed by atoms with Gasteiger partial charge in [0.1, 0.15) is 0 Å². The maximum atomic E-state index is 6.46. The molecular formula is C24H36N2O2Si. The minimum Gasteiger partial charge on any atom is -0.481 e. The molecule has 0 saturated heterocycles. The molecule has 1 saturated carbocycles. The number of ether oxygens (including phenoxy) is 1. The molecule has 1 aliphatic rings. The number of methoxy groups -OCH3 is 1. The minimum absolute atomic E-state index is 0.289. The van der Waals surface area contributed by atoms with E-state index in [1.807, 2.05) is 24.4 Å². The molecule has 0 spiro atoms. The fourth-order valence-electron chi connectivity index (χ4n) is 3.61. The molecule has 1 fully saturated rings. The van der Waals surface area contributed by atoms with E-state index in [1.165, 1.54) is 25.7 Å². The number of hydrogen-bond acceptors (Lipinski definition) is 4. The Hall–Kier alpha value is -1.72. The van der Waals surface area contributed by atoms with E-state index in [2.05, 4.69) is 56.0 Å². The third-order valence-corrected chi connectivity index (χ3v) is 11.2. The Morgan fingerprint density at radius 1 is 1.10 bits per heavy atom. The van der Waals surface area contributed by atoms with E-state index >= 15 is 0 Å². The summed E-state index contributed by atoms with van der Waals surface area (Å²) in [5.74, 6) is 1.97.